The summed E-state index contributed by atoms with van der Waals surface area (Å²) in [6.45, 7) is 6.43. The highest BCUT2D eigenvalue weighted by Gasteiger charge is 2.18. The highest BCUT2D eigenvalue weighted by atomic mass is 32.2. The number of sulfonamides is 1. The van der Waals surface area contributed by atoms with Crippen molar-refractivity contribution in [1.82, 2.24) is 5.32 Å². The summed E-state index contributed by atoms with van der Waals surface area (Å²) >= 11 is 0. The maximum atomic E-state index is 12.5. The number of amides is 1. The number of carbonyl (C=O) groups excluding carboxylic acids is 1. The predicted octanol–water partition coefficient (Wildman–Crippen LogP) is 4.12. The van der Waals surface area contributed by atoms with E-state index >= 15 is 0 Å². The Hall–Kier alpha value is -2.34. The number of hydrogen-bond acceptors (Lipinski definition) is 3. The molecule has 0 aliphatic carbocycles. The van der Waals surface area contributed by atoms with Crippen LogP contribution < -0.4 is 9.62 Å². The third kappa shape index (κ3) is 6.09. The van der Waals surface area contributed by atoms with Gasteiger partial charge in [0.15, 0.2) is 0 Å². The smallest absolute Gasteiger partial charge is 0.232 e. The van der Waals surface area contributed by atoms with E-state index in [9.17, 15) is 13.2 Å². The highest BCUT2D eigenvalue weighted by Crippen LogP contribution is 2.22. The number of hydrogen-bond donors (Lipinski definition) is 1. The maximum absolute atomic E-state index is 12.5. The maximum Gasteiger partial charge on any atom is 0.232 e. The van der Waals surface area contributed by atoms with Gasteiger partial charge in [0, 0.05) is 13.0 Å². The molecule has 1 N–H and O–H groups in total. The molecule has 0 fully saturated rings. The van der Waals surface area contributed by atoms with Crippen LogP contribution in [0, 0.1) is 13.8 Å². The van der Waals surface area contributed by atoms with Crippen LogP contribution in [0.4, 0.5) is 5.69 Å². The zero-order valence-corrected chi connectivity index (χ0v) is 17.9. The second-order valence-corrected chi connectivity index (χ2v) is 9.07. The number of para-hydroxylation sites is 1. The van der Waals surface area contributed by atoms with E-state index in [4.69, 9.17) is 0 Å². The Kier molecular flexibility index (Phi) is 7.63. The first-order chi connectivity index (χ1) is 13.2. The number of rotatable bonds is 9. The van der Waals surface area contributed by atoms with Crippen molar-refractivity contribution in [2.75, 3.05) is 17.1 Å². The van der Waals surface area contributed by atoms with Crippen molar-refractivity contribution in [2.24, 2.45) is 0 Å². The average molecular weight is 403 g/mol. The summed E-state index contributed by atoms with van der Waals surface area (Å²) in [5.41, 5.74) is 4.11. The minimum absolute atomic E-state index is 0.0340. The fraction of sp³-hybridized carbons (Fsp3) is 0.409. The number of aryl methyl sites for hydroxylation is 2. The summed E-state index contributed by atoms with van der Waals surface area (Å²) < 4.78 is 25.6. The molecule has 0 aliphatic heterocycles. The number of benzene rings is 2. The third-order valence-corrected chi connectivity index (χ3v) is 5.95. The van der Waals surface area contributed by atoms with Gasteiger partial charge in [-0.3, -0.25) is 9.10 Å². The van der Waals surface area contributed by atoms with E-state index in [1.807, 2.05) is 13.0 Å². The molecule has 0 saturated heterocycles. The van der Waals surface area contributed by atoms with Gasteiger partial charge in [-0.15, -0.1) is 0 Å². The van der Waals surface area contributed by atoms with E-state index in [-0.39, 0.29) is 24.9 Å². The van der Waals surface area contributed by atoms with Crippen LogP contribution in [0.5, 0.6) is 0 Å². The Morgan fingerprint density at radius 3 is 2.36 bits per heavy atom. The topological polar surface area (TPSA) is 66.5 Å². The molecule has 2 aromatic rings. The first-order valence-corrected chi connectivity index (χ1v) is 11.5. The monoisotopic (exact) mass is 402 g/mol. The summed E-state index contributed by atoms with van der Waals surface area (Å²) in [6.07, 6.45) is 2.72. The van der Waals surface area contributed by atoms with Crippen molar-refractivity contribution in [3.05, 3.63) is 65.2 Å². The van der Waals surface area contributed by atoms with Crippen LogP contribution in [0.2, 0.25) is 0 Å². The van der Waals surface area contributed by atoms with E-state index in [0.29, 0.717) is 12.1 Å². The van der Waals surface area contributed by atoms with Crippen molar-refractivity contribution in [2.45, 2.75) is 46.1 Å². The highest BCUT2D eigenvalue weighted by molar-refractivity contribution is 7.92. The number of nitrogens with zero attached hydrogens (tertiary/aromatic N) is 1. The molecule has 0 radical (unpaired) electrons. The molecule has 2 rings (SSSR count). The molecule has 28 heavy (non-hydrogen) atoms. The summed E-state index contributed by atoms with van der Waals surface area (Å²) in [5.74, 6) is -0.0617. The van der Waals surface area contributed by atoms with Gasteiger partial charge in [-0.1, -0.05) is 48.9 Å². The molecule has 2 aromatic carbocycles. The zero-order valence-electron chi connectivity index (χ0n) is 17.1. The lowest BCUT2D eigenvalue weighted by molar-refractivity contribution is -0.121. The molecule has 0 unspecified atom stereocenters. The molecule has 152 valence electrons. The summed E-state index contributed by atoms with van der Waals surface area (Å²) in [7, 11) is -3.39. The number of anilines is 1. The molecule has 1 amide bonds. The molecule has 6 heteroatoms. The van der Waals surface area contributed by atoms with Crippen LogP contribution in [-0.4, -0.2) is 27.1 Å². The van der Waals surface area contributed by atoms with Crippen LogP contribution in [0.3, 0.4) is 0 Å². The second kappa shape index (κ2) is 9.73. The molecule has 0 heterocycles. The van der Waals surface area contributed by atoms with Crippen LogP contribution in [-0.2, 0) is 14.8 Å². The van der Waals surface area contributed by atoms with Crippen LogP contribution in [0.15, 0.2) is 48.5 Å². The Bertz CT molecular complexity index is 895. The number of nitrogens with one attached hydrogen (secondary N) is 1. The normalized spacial score (nSPS) is 12.4. The van der Waals surface area contributed by atoms with Crippen molar-refractivity contribution in [1.29, 1.82) is 0 Å². The Morgan fingerprint density at radius 2 is 1.79 bits per heavy atom. The predicted molar refractivity (Wildman–Crippen MR) is 115 cm³/mol. The lowest BCUT2D eigenvalue weighted by Crippen LogP contribution is -2.33. The zero-order chi connectivity index (χ0) is 20.7. The SMILES string of the molecule is CC[C@@H](NC(=O)CCCN(c1ccccc1)S(C)(=O)=O)c1ccc(C)cc1C. The van der Waals surface area contributed by atoms with Gasteiger partial charge in [0.05, 0.1) is 18.0 Å². The quantitative estimate of drug-likeness (QED) is 0.686. The van der Waals surface area contributed by atoms with Crippen molar-refractivity contribution >= 4 is 21.6 Å². The van der Waals surface area contributed by atoms with Crippen molar-refractivity contribution < 1.29 is 13.2 Å². The molecular weight excluding hydrogens is 372 g/mol. The van der Waals surface area contributed by atoms with E-state index in [0.717, 1.165) is 12.0 Å². The van der Waals surface area contributed by atoms with Gasteiger partial charge in [0.2, 0.25) is 15.9 Å². The second-order valence-electron chi connectivity index (χ2n) is 7.16. The summed E-state index contributed by atoms with van der Waals surface area (Å²) in [6, 6.07) is 15.2. The fourth-order valence-corrected chi connectivity index (χ4v) is 4.31. The Labute approximate surface area is 168 Å². The average Bonchev–Trinajstić information content (AvgIpc) is 2.63. The first-order valence-electron chi connectivity index (χ1n) is 9.61. The minimum atomic E-state index is -3.39. The Morgan fingerprint density at radius 1 is 1.11 bits per heavy atom. The minimum Gasteiger partial charge on any atom is -0.349 e. The summed E-state index contributed by atoms with van der Waals surface area (Å²) in [4.78, 5) is 12.5. The van der Waals surface area contributed by atoms with E-state index in [1.165, 1.54) is 21.7 Å². The van der Waals surface area contributed by atoms with Crippen LogP contribution in [0.25, 0.3) is 0 Å². The molecule has 1 atom stereocenters. The number of carbonyl (C=O) groups is 1. The van der Waals surface area contributed by atoms with Gasteiger partial charge in [-0.2, -0.15) is 0 Å². The first kappa shape index (κ1) is 22.0. The molecule has 0 aliphatic rings. The van der Waals surface area contributed by atoms with E-state index in [1.54, 1.807) is 24.3 Å². The van der Waals surface area contributed by atoms with Crippen LogP contribution >= 0.6 is 0 Å². The lowest BCUT2D eigenvalue weighted by atomic mass is 9.97. The summed E-state index contributed by atoms with van der Waals surface area (Å²) in [5, 5.41) is 3.09. The third-order valence-electron chi connectivity index (χ3n) is 4.75. The van der Waals surface area contributed by atoms with Gasteiger partial charge in [0.1, 0.15) is 0 Å². The van der Waals surface area contributed by atoms with Crippen molar-refractivity contribution in [3.8, 4) is 0 Å². The Balaban J connectivity index is 1.97. The standard InChI is InChI=1S/C22H30N2O3S/c1-5-21(20-14-13-17(2)16-18(20)3)23-22(25)12-9-15-24(28(4,26)27)19-10-7-6-8-11-19/h6-8,10-11,13-14,16,21H,5,9,12,15H2,1-4H3,(H,23,25)/t21-/m1/s1. The van der Waals surface area contributed by atoms with Gasteiger partial charge >= 0.3 is 0 Å². The van der Waals surface area contributed by atoms with E-state index < -0.39 is 10.0 Å². The van der Waals surface area contributed by atoms with Crippen LogP contribution in [0.1, 0.15) is 48.9 Å². The largest absolute Gasteiger partial charge is 0.349 e. The lowest BCUT2D eigenvalue weighted by Gasteiger charge is -2.23. The molecule has 0 spiro atoms. The van der Waals surface area contributed by atoms with Gasteiger partial charge in [0.25, 0.3) is 0 Å². The fourth-order valence-electron chi connectivity index (χ4n) is 3.35. The molecular formula is C22H30N2O3S. The molecule has 0 bridgehead atoms. The van der Waals surface area contributed by atoms with Gasteiger partial charge in [-0.05, 0) is 49.9 Å². The van der Waals surface area contributed by atoms with Gasteiger partial charge < -0.3 is 5.32 Å². The van der Waals surface area contributed by atoms with E-state index in [2.05, 4.69) is 37.4 Å². The molecule has 0 saturated carbocycles. The van der Waals surface area contributed by atoms with Crippen molar-refractivity contribution in [3.63, 3.8) is 0 Å². The molecule has 0 aromatic heterocycles. The van der Waals surface area contributed by atoms with Gasteiger partial charge in [-0.25, -0.2) is 8.42 Å². The molecule has 5 nitrogen and oxygen atoms in total.